The van der Waals surface area contributed by atoms with E-state index in [9.17, 15) is 0 Å². The Labute approximate surface area is 153 Å². The molecule has 23 heavy (non-hydrogen) atoms. The molecule has 0 radical (unpaired) electrons. The number of halogens is 3. The predicted molar refractivity (Wildman–Crippen MR) is 98.3 cm³/mol. The Kier molecular flexibility index (Phi) is 8.55. The Bertz CT molecular complexity index is 609. The van der Waals surface area contributed by atoms with Gasteiger partial charge in [-0.15, -0.1) is 0 Å². The first kappa shape index (κ1) is 19.9. The molecule has 1 aromatic carbocycles. The van der Waals surface area contributed by atoms with Crippen LogP contribution in [-0.4, -0.2) is 10.4 Å². The molecule has 0 heterocycles. The average Bonchev–Trinajstić information content (AvgIpc) is 2.45. The minimum absolute atomic E-state index is 0.443. The highest BCUT2D eigenvalue weighted by Gasteiger charge is 2.19. The molecule has 1 rings (SSSR count). The van der Waals surface area contributed by atoms with E-state index in [2.05, 4.69) is 19.1 Å². The van der Waals surface area contributed by atoms with Gasteiger partial charge in [0, 0.05) is 6.42 Å². The van der Waals surface area contributed by atoms with Gasteiger partial charge in [-0.2, -0.15) is 5.26 Å². The lowest BCUT2D eigenvalue weighted by Crippen LogP contribution is -2.01. The molecule has 1 aromatic rings. The number of hydrogen-bond acceptors (Lipinski definition) is 2. The number of nitrogens with zero attached hydrogens (tertiary/aromatic N) is 1. The molecule has 5 heteroatoms. The van der Waals surface area contributed by atoms with Crippen LogP contribution < -0.4 is 4.74 Å². The fourth-order valence-electron chi connectivity index (χ4n) is 1.97. The van der Waals surface area contributed by atoms with Gasteiger partial charge in [-0.1, -0.05) is 58.1 Å². The molecular weight excluding hydrogens is 353 g/mol. The van der Waals surface area contributed by atoms with E-state index in [4.69, 9.17) is 44.8 Å². The van der Waals surface area contributed by atoms with Gasteiger partial charge < -0.3 is 4.74 Å². The minimum Gasteiger partial charge on any atom is -0.489 e. The van der Waals surface area contributed by atoms with Crippen molar-refractivity contribution in [2.45, 2.75) is 36.9 Å². The third-order valence-electron chi connectivity index (χ3n) is 3.16. The van der Waals surface area contributed by atoms with Gasteiger partial charge in [0.1, 0.15) is 12.4 Å². The lowest BCUT2D eigenvalue weighted by Gasteiger charge is -2.10. The van der Waals surface area contributed by atoms with Crippen LogP contribution in [0.5, 0.6) is 5.75 Å². The molecule has 0 aliphatic carbocycles. The standard InChI is InChI=1S/C18H20Cl3NO/c1-14(5-3-6-15(2)12-18(19,20)21)9-10-23-17-8-4-7-16(11-17)13-22/h4,6-9,11H,3,5,10,12H2,1-2H3. The smallest absolute Gasteiger partial charge is 0.194 e. The van der Waals surface area contributed by atoms with Crippen LogP contribution in [-0.2, 0) is 0 Å². The molecule has 0 amide bonds. The van der Waals surface area contributed by atoms with E-state index in [1.165, 1.54) is 5.57 Å². The van der Waals surface area contributed by atoms with E-state index in [0.29, 0.717) is 24.3 Å². The van der Waals surface area contributed by atoms with Crippen LogP contribution in [0.4, 0.5) is 0 Å². The number of allylic oxidation sites excluding steroid dienone is 3. The Hall–Kier alpha value is -1.14. The third kappa shape index (κ3) is 9.56. The van der Waals surface area contributed by atoms with Gasteiger partial charge in [-0.05, 0) is 51.0 Å². The first-order valence-electron chi connectivity index (χ1n) is 7.31. The minimum atomic E-state index is -1.22. The molecule has 0 N–H and O–H groups in total. The molecule has 0 spiro atoms. The maximum atomic E-state index is 8.84. The van der Waals surface area contributed by atoms with Crippen LogP contribution in [0, 0.1) is 11.3 Å². The molecule has 0 saturated carbocycles. The molecule has 0 bridgehead atoms. The van der Waals surface area contributed by atoms with Gasteiger partial charge in [-0.25, -0.2) is 0 Å². The fourth-order valence-corrected chi connectivity index (χ4v) is 2.60. The number of rotatable bonds is 7. The molecule has 2 nitrogen and oxygen atoms in total. The Morgan fingerprint density at radius 1 is 1.22 bits per heavy atom. The van der Waals surface area contributed by atoms with Crippen LogP contribution in [0.15, 0.2) is 47.6 Å². The summed E-state index contributed by atoms with van der Waals surface area (Å²) in [5, 5.41) is 8.84. The molecule has 0 aliphatic heterocycles. The van der Waals surface area contributed by atoms with Crippen LogP contribution in [0.3, 0.4) is 0 Å². The normalized spacial score (nSPS) is 12.9. The van der Waals surface area contributed by atoms with E-state index in [1.807, 2.05) is 25.1 Å². The molecule has 0 aromatic heterocycles. The van der Waals surface area contributed by atoms with Gasteiger partial charge in [0.2, 0.25) is 0 Å². The zero-order valence-electron chi connectivity index (χ0n) is 13.3. The van der Waals surface area contributed by atoms with E-state index in [-0.39, 0.29) is 0 Å². The number of benzene rings is 1. The monoisotopic (exact) mass is 371 g/mol. The summed E-state index contributed by atoms with van der Waals surface area (Å²) >= 11 is 17.3. The van der Waals surface area contributed by atoms with E-state index < -0.39 is 3.79 Å². The van der Waals surface area contributed by atoms with Gasteiger partial charge >= 0.3 is 0 Å². The van der Waals surface area contributed by atoms with Crippen LogP contribution >= 0.6 is 34.8 Å². The van der Waals surface area contributed by atoms with E-state index in [0.717, 1.165) is 18.4 Å². The molecule has 124 valence electrons. The second kappa shape index (κ2) is 9.88. The van der Waals surface area contributed by atoms with E-state index in [1.54, 1.807) is 12.1 Å². The highest BCUT2D eigenvalue weighted by Crippen LogP contribution is 2.33. The SMILES string of the molecule is CC(=CCOc1cccc(C#N)c1)CCC=C(C)CC(Cl)(Cl)Cl. The Balaban J connectivity index is 2.37. The summed E-state index contributed by atoms with van der Waals surface area (Å²) < 4.78 is 4.39. The van der Waals surface area contributed by atoms with E-state index >= 15 is 0 Å². The summed E-state index contributed by atoms with van der Waals surface area (Å²) in [6.07, 6.45) is 6.41. The molecule has 0 atom stereocenters. The molecule has 0 saturated heterocycles. The molecule has 0 fully saturated rings. The van der Waals surface area contributed by atoms with Gasteiger partial charge in [0.25, 0.3) is 0 Å². The maximum absolute atomic E-state index is 8.84. The maximum Gasteiger partial charge on any atom is 0.194 e. The number of hydrogen-bond donors (Lipinski definition) is 0. The van der Waals surface area contributed by atoms with Crippen molar-refractivity contribution >= 4 is 34.8 Å². The number of ether oxygens (including phenoxy) is 1. The van der Waals surface area contributed by atoms with Crippen molar-refractivity contribution in [3.8, 4) is 11.8 Å². The highest BCUT2D eigenvalue weighted by atomic mass is 35.6. The zero-order chi connectivity index (χ0) is 17.3. The van der Waals surface area contributed by atoms with Crippen LogP contribution in [0.2, 0.25) is 0 Å². The van der Waals surface area contributed by atoms with Crippen molar-refractivity contribution in [3.63, 3.8) is 0 Å². The summed E-state index contributed by atoms with van der Waals surface area (Å²) in [5.74, 6) is 0.700. The van der Waals surface area contributed by atoms with Crippen molar-refractivity contribution in [3.05, 3.63) is 53.1 Å². The Morgan fingerprint density at radius 3 is 2.61 bits per heavy atom. The summed E-state index contributed by atoms with van der Waals surface area (Å²) in [7, 11) is 0. The quantitative estimate of drug-likeness (QED) is 0.411. The second-order valence-corrected chi connectivity index (χ2v) is 7.90. The lowest BCUT2D eigenvalue weighted by atomic mass is 10.1. The van der Waals surface area contributed by atoms with Crippen molar-refractivity contribution in [2.24, 2.45) is 0 Å². The second-order valence-electron chi connectivity index (χ2n) is 5.38. The van der Waals surface area contributed by atoms with Crippen molar-refractivity contribution < 1.29 is 4.74 Å². The molecular formula is C18H20Cl3NO. The summed E-state index contributed by atoms with van der Waals surface area (Å²) in [6.45, 7) is 4.51. The Morgan fingerprint density at radius 2 is 1.96 bits per heavy atom. The lowest BCUT2D eigenvalue weighted by molar-refractivity contribution is 0.361. The fraction of sp³-hybridized carbons (Fsp3) is 0.389. The first-order valence-corrected chi connectivity index (χ1v) is 8.44. The number of alkyl halides is 3. The largest absolute Gasteiger partial charge is 0.489 e. The average molecular weight is 373 g/mol. The summed E-state index contributed by atoms with van der Waals surface area (Å²) in [5.41, 5.74) is 2.90. The van der Waals surface area contributed by atoms with Gasteiger partial charge in [0.05, 0.1) is 11.6 Å². The van der Waals surface area contributed by atoms with Crippen LogP contribution in [0.1, 0.15) is 38.7 Å². The van der Waals surface area contributed by atoms with Crippen LogP contribution in [0.25, 0.3) is 0 Å². The van der Waals surface area contributed by atoms with Crippen molar-refractivity contribution in [1.82, 2.24) is 0 Å². The predicted octanol–water partition coefficient (Wildman–Crippen LogP) is 6.37. The number of nitriles is 1. The summed E-state index contributed by atoms with van der Waals surface area (Å²) in [6, 6.07) is 9.22. The first-order chi connectivity index (χ1) is 10.8. The molecule has 0 unspecified atom stereocenters. The van der Waals surface area contributed by atoms with Crippen molar-refractivity contribution in [2.75, 3.05) is 6.61 Å². The molecule has 0 aliphatic rings. The third-order valence-corrected chi connectivity index (χ3v) is 3.56. The highest BCUT2D eigenvalue weighted by molar-refractivity contribution is 6.67. The zero-order valence-corrected chi connectivity index (χ0v) is 15.5. The topological polar surface area (TPSA) is 33.0 Å². The van der Waals surface area contributed by atoms with Gasteiger partial charge in [0.15, 0.2) is 3.79 Å². The van der Waals surface area contributed by atoms with Crippen molar-refractivity contribution in [1.29, 1.82) is 5.26 Å². The van der Waals surface area contributed by atoms with Gasteiger partial charge in [-0.3, -0.25) is 0 Å². The summed E-state index contributed by atoms with van der Waals surface area (Å²) in [4.78, 5) is 0.